The average molecular weight is 340 g/mol. The van der Waals surface area contributed by atoms with Crippen molar-refractivity contribution in [3.05, 3.63) is 65.7 Å². The minimum atomic E-state index is -0.0640. The summed E-state index contributed by atoms with van der Waals surface area (Å²) in [4.78, 5) is 14.1. The zero-order valence-electron chi connectivity index (χ0n) is 15.4. The highest BCUT2D eigenvalue weighted by molar-refractivity contribution is 5.74. The Morgan fingerprint density at radius 3 is 2.56 bits per heavy atom. The van der Waals surface area contributed by atoms with Crippen LogP contribution in [-0.4, -0.2) is 30.6 Å². The van der Waals surface area contributed by atoms with Gasteiger partial charge in [-0.2, -0.15) is 0 Å². The molecule has 25 heavy (non-hydrogen) atoms. The van der Waals surface area contributed by atoms with Gasteiger partial charge in [0, 0.05) is 13.1 Å². The minimum Gasteiger partial charge on any atom is -0.492 e. The fourth-order valence-corrected chi connectivity index (χ4v) is 2.53. The van der Waals surface area contributed by atoms with Crippen LogP contribution in [0.15, 0.2) is 54.6 Å². The fourth-order valence-electron chi connectivity index (χ4n) is 2.53. The van der Waals surface area contributed by atoms with Crippen LogP contribution in [0.5, 0.6) is 5.75 Å². The smallest absolute Gasteiger partial charge is 0.317 e. The van der Waals surface area contributed by atoms with Crippen molar-refractivity contribution in [3.63, 3.8) is 0 Å². The Hall–Kier alpha value is -2.49. The second kappa shape index (κ2) is 9.72. The van der Waals surface area contributed by atoms with Crippen molar-refractivity contribution in [1.82, 2.24) is 10.2 Å². The third kappa shape index (κ3) is 6.14. The molecule has 0 aliphatic heterocycles. The van der Waals surface area contributed by atoms with Crippen molar-refractivity contribution in [2.24, 2.45) is 0 Å². The summed E-state index contributed by atoms with van der Waals surface area (Å²) in [5.74, 6) is 1.32. The first-order chi connectivity index (χ1) is 12.1. The van der Waals surface area contributed by atoms with Gasteiger partial charge in [0.05, 0.1) is 6.54 Å². The molecule has 0 bridgehead atoms. The van der Waals surface area contributed by atoms with Gasteiger partial charge in [0.1, 0.15) is 12.4 Å². The molecule has 0 heterocycles. The molecule has 0 saturated carbocycles. The zero-order chi connectivity index (χ0) is 18.1. The zero-order valence-corrected chi connectivity index (χ0v) is 15.4. The van der Waals surface area contributed by atoms with Crippen LogP contribution in [-0.2, 0) is 6.54 Å². The van der Waals surface area contributed by atoms with Gasteiger partial charge >= 0.3 is 6.03 Å². The van der Waals surface area contributed by atoms with Gasteiger partial charge in [-0.05, 0) is 36.1 Å². The number of urea groups is 1. The summed E-state index contributed by atoms with van der Waals surface area (Å²) in [6.45, 7) is 8.51. The summed E-state index contributed by atoms with van der Waals surface area (Å²) >= 11 is 0. The van der Waals surface area contributed by atoms with E-state index in [0.717, 1.165) is 11.3 Å². The van der Waals surface area contributed by atoms with Gasteiger partial charge in [-0.25, -0.2) is 4.79 Å². The standard InChI is InChI=1S/C21H28N2O2/c1-4-23(16-18-9-6-5-7-10-18)21(24)22-13-14-25-20-12-8-11-19(15-20)17(2)3/h5-12,15,17H,4,13-14,16H2,1-3H3,(H,22,24). The molecule has 2 aromatic carbocycles. The van der Waals surface area contributed by atoms with E-state index in [-0.39, 0.29) is 6.03 Å². The molecular formula is C21H28N2O2. The largest absolute Gasteiger partial charge is 0.492 e. The number of ether oxygens (including phenoxy) is 1. The third-order valence-corrected chi connectivity index (χ3v) is 4.06. The van der Waals surface area contributed by atoms with Gasteiger partial charge in [-0.15, -0.1) is 0 Å². The fraction of sp³-hybridized carbons (Fsp3) is 0.381. The predicted octanol–water partition coefficient (Wildman–Crippen LogP) is 4.42. The molecule has 0 spiro atoms. The highest BCUT2D eigenvalue weighted by Crippen LogP contribution is 2.19. The molecule has 0 saturated heterocycles. The van der Waals surface area contributed by atoms with Gasteiger partial charge in [-0.3, -0.25) is 0 Å². The number of hydrogen-bond donors (Lipinski definition) is 1. The monoisotopic (exact) mass is 340 g/mol. The number of rotatable bonds is 8. The molecule has 134 valence electrons. The number of carbonyl (C=O) groups excluding carboxylic acids is 1. The third-order valence-electron chi connectivity index (χ3n) is 4.06. The SMILES string of the molecule is CCN(Cc1ccccc1)C(=O)NCCOc1cccc(C(C)C)c1. The number of nitrogens with one attached hydrogen (secondary N) is 1. The Morgan fingerprint density at radius 2 is 1.88 bits per heavy atom. The van der Waals surface area contributed by atoms with Crippen LogP contribution in [0, 0.1) is 0 Å². The molecule has 0 fully saturated rings. The Morgan fingerprint density at radius 1 is 1.12 bits per heavy atom. The van der Waals surface area contributed by atoms with Gasteiger partial charge in [0.25, 0.3) is 0 Å². The number of amides is 2. The van der Waals surface area contributed by atoms with Crippen LogP contribution < -0.4 is 10.1 Å². The van der Waals surface area contributed by atoms with Crippen molar-refractivity contribution in [3.8, 4) is 5.75 Å². The number of benzene rings is 2. The van der Waals surface area contributed by atoms with E-state index in [2.05, 4.69) is 31.3 Å². The molecule has 2 rings (SSSR count). The lowest BCUT2D eigenvalue weighted by Crippen LogP contribution is -2.41. The summed E-state index contributed by atoms with van der Waals surface area (Å²) in [5.41, 5.74) is 2.38. The number of hydrogen-bond acceptors (Lipinski definition) is 2. The minimum absolute atomic E-state index is 0.0640. The first kappa shape index (κ1) is 18.8. The summed E-state index contributed by atoms with van der Waals surface area (Å²) in [6.07, 6.45) is 0. The highest BCUT2D eigenvalue weighted by atomic mass is 16.5. The van der Waals surface area contributed by atoms with E-state index < -0.39 is 0 Å². The normalized spacial score (nSPS) is 10.6. The van der Waals surface area contributed by atoms with E-state index in [9.17, 15) is 4.79 Å². The summed E-state index contributed by atoms with van der Waals surface area (Å²) in [6, 6.07) is 18.0. The lowest BCUT2D eigenvalue weighted by atomic mass is 10.0. The molecule has 0 unspecified atom stereocenters. The maximum Gasteiger partial charge on any atom is 0.317 e. The van der Waals surface area contributed by atoms with Crippen LogP contribution in [0.3, 0.4) is 0 Å². The lowest BCUT2D eigenvalue weighted by molar-refractivity contribution is 0.195. The molecular weight excluding hydrogens is 312 g/mol. The average Bonchev–Trinajstić information content (AvgIpc) is 2.64. The number of nitrogens with zero attached hydrogens (tertiary/aromatic N) is 1. The van der Waals surface area contributed by atoms with Gasteiger partial charge in [-0.1, -0.05) is 56.3 Å². The van der Waals surface area contributed by atoms with Crippen molar-refractivity contribution >= 4 is 6.03 Å². The second-order valence-corrected chi connectivity index (χ2v) is 6.31. The molecule has 2 amide bonds. The highest BCUT2D eigenvalue weighted by Gasteiger charge is 2.11. The molecule has 1 N–H and O–H groups in total. The maximum atomic E-state index is 12.3. The molecule has 0 aromatic heterocycles. The molecule has 0 aliphatic rings. The van der Waals surface area contributed by atoms with Crippen molar-refractivity contribution < 1.29 is 9.53 Å². The molecule has 0 aliphatic carbocycles. The van der Waals surface area contributed by atoms with E-state index in [4.69, 9.17) is 4.74 Å². The Balaban J connectivity index is 1.76. The summed E-state index contributed by atoms with van der Waals surface area (Å²) in [5, 5.41) is 2.92. The Kier molecular flexibility index (Phi) is 7.33. The van der Waals surface area contributed by atoms with Crippen molar-refractivity contribution in [1.29, 1.82) is 0 Å². The van der Waals surface area contributed by atoms with Gasteiger partial charge in [0.2, 0.25) is 0 Å². The van der Waals surface area contributed by atoms with E-state index in [1.165, 1.54) is 5.56 Å². The molecule has 4 nitrogen and oxygen atoms in total. The van der Waals surface area contributed by atoms with Crippen molar-refractivity contribution in [2.45, 2.75) is 33.2 Å². The summed E-state index contributed by atoms with van der Waals surface area (Å²) < 4.78 is 5.75. The lowest BCUT2D eigenvalue weighted by Gasteiger charge is -2.21. The maximum absolute atomic E-state index is 12.3. The van der Waals surface area contributed by atoms with Crippen LogP contribution in [0.4, 0.5) is 4.79 Å². The van der Waals surface area contributed by atoms with E-state index in [0.29, 0.717) is 32.2 Å². The molecule has 0 radical (unpaired) electrons. The van der Waals surface area contributed by atoms with Crippen LogP contribution in [0.1, 0.15) is 37.8 Å². The van der Waals surface area contributed by atoms with E-state index in [1.54, 1.807) is 4.90 Å². The van der Waals surface area contributed by atoms with Crippen molar-refractivity contribution in [2.75, 3.05) is 19.7 Å². The topological polar surface area (TPSA) is 41.6 Å². The summed E-state index contributed by atoms with van der Waals surface area (Å²) in [7, 11) is 0. The quantitative estimate of drug-likeness (QED) is 0.723. The first-order valence-electron chi connectivity index (χ1n) is 8.89. The van der Waals surface area contributed by atoms with Crippen LogP contribution >= 0.6 is 0 Å². The van der Waals surface area contributed by atoms with E-state index in [1.807, 2.05) is 49.4 Å². The first-order valence-corrected chi connectivity index (χ1v) is 8.89. The van der Waals surface area contributed by atoms with Crippen LogP contribution in [0.2, 0.25) is 0 Å². The van der Waals surface area contributed by atoms with Crippen LogP contribution in [0.25, 0.3) is 0 Å². The van der Waals surface area contributed by atoms with Gasteiger partial charge < -0.3 is 15.0 Å². The molecule has 4 heteroatoms. The Labute approximate surface area is 150 Å². The molecule has 2 aromatic rings. The molecule has 0 atom stereocenters. The second-order valence-electron chi connectivity index (χ2n) is 6.31. The van der Waals surface area contributed by atoms with Gasteiger partial charge in [0.15, 0.2) is 0 Å². The Bertz CT molecular complexity index is 656. The predicted molar refractivity (Wildman–Crippen MR) is 102 cm³/mol. The number of carbonyl (C=O) groups is 1. The van der Waals surface area contributed by atoms with E-state index >= 15 is 0 Å².